The summed E-state index contributed by atoms with van der Waals surface area (Å²) in [7, 11) is 0. The second kappa shape index (κ2) is 8.92. The number of hydrogen-bond donors (Lipinski definition) is 0. The largest absolute Gasteiger partial charge is 0.345 e. The predicted octanol–water partition coefficient (Wildman–Crippen LogP) is 6.93. The zero-order valence-electron chi connectivity index (χ0n) is 19.4. The summed E-state index contributed by atoms with van der Waals surface area (Å²) in [6.07, 6.45) is 2.06. The van der Waals surface area contributed by atoms with Gasteiger partial charge in [0, 0.05) is 34.6 Å². The Labute approximate surface area is 191 Å². The summed E-state index contributed by atoms with van der Waals surface area (Å²) >= 11 is 6.16. The number of nitrogens with zero attached hydrogens (tertiary/aromatic N) is 2. The molecule has 4 heteroatoms. The minimum absolute atomic E-state index is 0.0449. The maximum absolute atomic E-state index is 13.5. The van der Waals surface area contributed by atoms with Crippen LogP contribution in [0.5, 0.6) is 0 Å². The third-order valence-electron chi connectivity index (χ3n) is 5.54. The molecule has 3 rings (SSSR count). The van der Waals surface area contributed by atoms with E-state index in [4.69, 9.17) is 11.6 Å². The predicted molar refractivity (Wildman–Crippen MR) is 130 cm³/mol. The highest BCUT2D eigenvalue weighted by atomic mass is 35.5. The minimum Gasteiger partial charge on any atom is -0.345 e. The van der Waals surface area contributed by atoms with E-state index in [0.717, 1.165) is 28.4 Å². The van der Waals surface area contributed by atoms with Crippen LogP contribution >= 0.6 is 11.6 Å². The van der Waals surface area contributed by atoms with Crippen molar-refractivity contribution in [2.45, 2.75) is 65.6 Å². The molecule has 0 aliphatic rings. The molecule has 0 aliphatic heterocycles. The molecule has 3 aromatic rings. The van der Waals surface area contributed by atoms with Gasteiger partial charge in [0.25, 0.3) is 5.91 Å². The van der Waals surface area contributed by atoms with E-state index in [9.17, 15) is 4.79 Å². The quantitative estimate of drug-likeness (QED) is 0.425. The molecule has 1 heterocycles. The molecule has 0 fully saturated rings. The highest BCUT2D eigenvalue weighted by molar-refractivity contribution is 6.30. The average molecular weight is 437 g/mol. The number of halogens is 1. The Kier molecular flexibility index (Phi) is 6.66. The van der Waals surface area contributed by atoms with Crippen molar-refractivity contribution in [3.8, 4) is 0 Å². The highest BCUT2D eigenvalue weighted by Gasteiger charge is 2.28. The van der Waals surface area contributed by atoms with Crippen molar-refractivity contribution in [2.75, 3.05) is 0 Å². The molecule has 2 aromatic carbocycles. The molecule has 164 valence electrons. The van der Waals surface area contributed by atoms with Gasteiger partial charge >= 0.3 is 0 Å². The van der Waals surface area contributed by atoms with Gasteiger partial charge in [-0.1, -0.05) is 56.6 Å². The van der Waals surface area contributed by atoms with E-state index >= 15 is 0 Å². The molecule has 0 bridgehead atoms. The van der Waals surface area contributed by atoms with E-state index in [2.05, 4.69) is 76.6 Å². The Hall–Kier alpha value is -2.52. The molecule has 1 aromatic heterocycles. The van der Waals surface area contributed by atoms with Crippen molar-refractivity contribution >= 4 is 17.5 Å². The van der Waals surface area contributed by atoms with Gasteiger partial charge in [0.2, 0.25) is 0 Å². The number of benzene rings is 2. The Balaban J connectivity index is 1.85. The number of aromatic nitrogens is 1. The normalized spacial score (nSPS) is 12.1. The fourth-order valence-electron chi connectivity index (χ4n) is 3.62. The molecule has 0 aliphatic carbocycles. The van der Waals surface area contributed by atoms with Gasteiger partial charge in [0.05, 0.1) is 6.54 Å². The Morgan fingerprint density at radius 1 is 0.935 bits per heavy atom. The first-order valence-electron chi connectivity index (χ1n) is 10.8. The summed E-state index contributed by atoms with van der Waals surface area (Å²) in [4.78, 5) is 15.4. The van der Waals surface area contributed by atoms with Gasteiger partial charge < -0.3 is 9.47 Å². The standard InChI is InChI=1S/C27H33ClN2O/c1-26(2,3)22-14-12-21(13-15-22)25(31)30(27(4,5)6)19-24-11-8-16-29(24)18-20-9-7-10-23(28)17-20/h7-17H,18-19H2,1-6H3. The summed E-state index contributed by atoms with van der Waals surface area (Å²) in [6.45, 7) is 14.0. The van der Waals surface area contributed by atoms with Crippen LogP contribution in [0.4, 0.5) is 0 Å². The summed E-state index contributed by atoms with van der Waals surface area (Å²) in [5.74, 6) is 0.0449. The van der Waals surface area contributed by atoms with E-state index < -0.39 is 0 Å². The summed E-state index contributed by atoms with van der Waals surface area (Å²) in [5.41, 5.74) is 3.92. The van der Waals surface area contributed by atoms with Crippen LogP contribution in [0.1, 0.15) is 68.7 Å². The van der Waals surface area contributed by atoms with Crippen molar-refractivity contribution < 1.29 is 4.79 Å². The molecular weight excluding hydrogens is 404 g/mol. The van der Waals surface area contributed by atoms with Gasteiger partial charge in [-0.3, -0.25) is 4.79 Å². The Morgan fingerprint density at radius 3 is 2.19 bits per heavy atom. The van der Waals surface area contributed by atoms with Crippen LogP contribution in [0.25, 0.3) is 0 Å². The van der Waals surface area contributed by atoms with Crippen LogP contribution in [0.2, 0.25) is 5.02 Å². The lowest BCUT2D eigenvalue weighted by molar-refractivity contribution is 0.0552. The van der Waals surface area contributed by atoms with E-state index in [0.29, 0.717) is 6.54 Å². The lowest BCUT2D eigenvalue weighted by Gasteiger charge is -2.36. The monoisotopic (exact) mass is 436 g/mol. The first kappa shape index (κ1) is 23.1. The number of rotatable bonds is 5. The molecule has 0 spiro atoms. The average Bonchev–Trinajstić information content (AvgIpc) is 3.11. The van der Waals surface area contributed by atoms with Crippen LogP contribution in [0, 0.1) is 0 Å². The second-order valence-electron chi connectivity index (χ2n) is 10.1. The number of carbonyl (C=O) groups is 1. The number of hydrogen-bond acceptors (Lipinski definition) is 1. The molecule has 0 radical (unpaired) electrons. The van der Waals surface area contributed by atoms with E-state index in [1.165, 1.54) is 5.56 Å². The lowest BCUT2D eigenvalue weighted by atomic mass is 9.86. The molecule has 0 unspecified atom stereocenters. The first-order valence-corrected chi connectivity index (χ1v) is 11.1. The minimum atomic E-state index is -0.315. The van der Waals surface area contributed by atoms with Crippen molar-refractivity contribution in [2.24, 2.45) is 0 Å². The molecule has 0 saturated carbocycles. The van der Waals surface area contributed by atoms with Gasteiger partial charge in [-0.05, 0) is 73.7 Å². The van der Waals surface area contributed by atoms with Crippen LogP contribution in [0.15, 0.2) is 66.9 Å². The van der Waals surface area contributed by atoms with Crippen LogP contribution in [-0.4, -0.2) is 20.9 Å². The molecule has 1 amide bonds. The van der Waals surface area contributed by atoms with Crippen LogP contribution < -0.4 is 0 Å². The van der Waals surface area contributed by atoms with Gasteiger partial charge in [0.1, 0.15) is 0 Å². The molecular formula is C27H33ClN2O. The third kappa shape index (κ3) is 5.80. The summed E-state index contributed by atoms with van der Waals surface area (Å²) in [5, 5.41) is 0.733. The molecule has 0 N–H and O–H groups in total. The number of carbonyl (C=O) groups excluding carboxylic acids is 1. The van der Waals surface area contributed by atoms with Crippen molar-refractivity contribution in [3.63, 3.8) is 0 Å². The van der Waals surface area contributed by atoms with E-state index in [1.54, 1.807) is 0 Å². The van der Waals surface area contributed by atoms with Gasteiger partial charge in [-0.2, -0.15) is 0 Å². The van der Waals surface area contributed by atoms with Crippen molar-refractivity contribution in [3.05, 3.63) is 94.3 Å². The zero-order valence-corrected chi connectivity index (χ0v) is 20.2. The van der Waals surface area contributed by atoms with Gasteiger partial charge in [-0.25, -0.2) is 0 Å². The lowest BCUT2D eigenvalue weighted by Crippen LogP contribution is -2.45. The van der Waals surface area contributed by atoms with Crippen LogP contribution in [-0.2, 0) is 18.5 Å². The van der Waals surface area contributed by atoms with E-state index in [-0.39, 0.29) is 16.9 Å². The fourth-order valence-corrected chi connectivity index (χ4v) is 3.84. The Bertz CT molecular complexity index is 1040. The van der Waals surface area contributed by atoms with Crippen LogP contribution in [0.3, 0.4) is 0 Å². The second-order valence-corrected chi connectivity index (χ2v) is 10.6. The SMILES string of the molecule is CC(C)(C)c1ccc(C(=O)N(Cc2cccn2Cc2cccc(Cl)c2)C(C)(C)C)cc1. The molecule has 0 atom stereocenters. The van der Waals surface area contributed by atoms with Gasteiger partial charge in [-0.15, -0.1) is 0 Å². The number of amides is 1. The topological polar surface area (TPSA) is 25.2 Å². The van der Waals surface area contributed by atoms with E-state index in [1.807, 2.05) is 41.3 Å². The van der Waals surface area contributed by atoms with Crippen molar-refractivity contribution in [1.82, 2.24) is 9.47 Å². The van der Waals surface area contributed by atoms with Gasteiger partial charge in [0.15, 0.2) is 0 Å². The summed E-state index contributed by atoms with van der Waals surface area (Å²) < 4.78 is 2.18. The highest BCUT2D eigenvalue weighted by Crippen LogP contribution is 2.25. The maximum atomic E-state index is 13.5. The maximum Gasteiger partial charge on any atom is 0.254 e. The fraction of sp³-hybridized carbons (Fsp3) is 0.370. The third-order valence-corrected chi connectivity index (χ3v) is 5.77. The molecule has 3 nitrogen and oxygen atoms in total. The summed E-state index contributed by atoms with van der Waals surface area (Å²) in [6, 6.07) is 20.0. The Morgan fingerprint density at radius 2 is 1.61 bits per heavy atom. The van der Waals surface area contributed by atoms with Crippen molar-refractivity contribution in [1.29, 1.82) is 0 Å². The first-order chi connectivity index (χ1) is 14.4. The molecule has 31 heavy (non-hydrogen) atoms. The zero-order chi connectivity index (χ0) is 22.8. The molecule has 0 saturated heterocycles. The smallest absolute Gasteiger partial charge is 0.254 e.